The monoisotopic (exact) mass is 246 g/mol. The normalized spacial score (nSPS) is 15.8. The van der Waals surface area contributed by atoms with Crippen LogP contribution in [0.5, 0.6) is 0 Å². The molecule has 0 bridgehead atoms. The summed E-state index contributed by atoms with van der Waals surface area (Å²) in [5.74, 6) is -0.699. The molecule has 0 saturated heterocycles. The second kappa shape index (κ2) is 4.51. The first-order valence-corrected chi connectivity index (χ1v) is 6.93. The van der Waals surface area contributed by atoms with E-state index in [0.29, 0.717) is 0 Å². The quantitative estimate of drug-likeness (QED) is 0.875. The Hall–Kier alpha value is -0.940. The molecule has 0 aliphatic carbocycles. The Morgan fingerprint density at radius 1 is 1.38 bits per heavy atom. The van der Waals surface area contributed by atoms with Crippen molar-refractivity contribution in [2.45, 2.75) is 18.9 Å². The van der Waals surface area contributed by atoms with Gasteiger partial charge in [0.2, 0.25) is 0 Å². The van der Waals surface area contributed by atoms with Crippen LogP contribution in [0, 0.1) is 5.82 Å². The van der Waals surface area contributed by atoms with Gasteiger partial charge in [-0.1, -0.05) is 18.2 Å². The summed E-state index contributed by atoms with van der Waals surface area (Å²) in [5, 5.41) is 10.0. The first-order valence-electron chi connectivity index (χ1n) is 4.87. The number of benzene rings is 1. The summed E-state index contributed by atoms with van der Waals surface area (Å²) in [7, 11) is -3.16. The fourth-order valence-electron chi connectivity index (χ4n) is 1.42. The van der Waals surface area contributed by atoms with E-state index in [0.717, 1.165) is 6.26 Å². The molecule has 1 unspecified atom stereocenters. The average molecular weight is 246 g/mol. The van der Waals surface area contributed by atoms with Gasteiger partial charge in [-0.05, 0) is 19.4 Å². The van der Waals surface area contributed by atoms with Crippen LogP contribution in [0.3, 0.4) is 0 Å². The van der Waals surface area contributed by atoms with Gasteiger partial charge in [0.25, 0.3) is 0 Å². The largest absolute Gasteiger partial charge is 0.385 e. The number of halogens is 1. The Balaban J connectivity index is 2.90. The van der Waals surface area contributed by atoms with Gasteiger partial charge < -0.3 is 5.11 Å². The van der Waals surface area contributed by atoms with Crippen molar-refractivity contribution in [2.75, 3.05) is 12.0 Å². The standard InChI is InChI=1S/C11H15FO3S/c1-11(13,7-8-16(2,14)15)9-5-3-4-6-10(9)12/h3-6,13H,7-8H2,1-2H3. The molecule has 3 nitrogen and oxygen atoms in total. The van der Waals surface area contributed by atoms with Gasteiger partial charge in [0.05, 0.1) is 11.4 Å². The molecule has 0 fully saturated rings. The molecule has 5 heteroatoms. The smallest absolute Gasteiger partial charge is 0.147 e. The zero-order chi connectivity index (χ0) is 12.4. The third-order valence-electron chi connectivity index (χ3n) is 2.41. The molecule has 1 aromatic rings. The van der Waals surface area contributed by atoms with E-state index in [1.54, 1.807) is 6.07 Å². The van der Waals surface area contributed by atoms with Crippen molar-refractivity contribution >= 4 is 9.84 Å². The maximum atomic E-state index is 13.4. The molecule has 1 atom stereocenters. The van der Waals surface area contributed by atoms with E-state index in [9.17, 15) is 17.9 Å². The van der Waals surface area contributed by atoms with Gasteiger partial charge in [0.1, 0.15) is 15.7 Å². The van der Waals surface area contributed by atoms with Crippen molar-refractivity contribution in [3.05, 3.63) is 35.6 Å². The summed E-state index contributed by atoms with van der Waals surface area (Å²) in [4.78, 5) is 0. The maximum Gasteiger partial charge on any atom is 0.147 e. The minimum absolute atomic E-state index is 0.0211. The number of rotatable bonds is 4. The maximum absolute atomic E-state index is 13.4. The van der Waals surface area contributed by atoms with Crippen molar-refractivity contribution in [1.29, 1.82) is 0 Å². The van der Waals surface area contributed by atoms with Crippen LogP contribution in [0.2, 0.25) is 0 Å². The van der Waals surface area contributed by atoms with Crippen LogP contribution in [0.4, 0.5) is 4.39 Å². The summed E-state index contributed by atoms with van der Waals surface area (Å²) >= 11 is 0. The fourth-order valence-corrected chi connectivity index (χ4v) is 2.19. The molecule has 0 aliphatic rings. The highest BCUT2D eigenvalue weighted by Crippen LogP contribution is 2.26. The molecule has 16 heavy (non-hydrogen) atoms. The van der Waals surface area contributed by atoms with Gasteiger partial charge in [-0.3, -0.25) is 0 Å². The van der Waals surface area contributed by atoms with Gasteiger partial charge in [0, 0.05) is 11.8 Å². The van der Waals surface area contributed by atoms with Crippen LogP contribution >= 0.6 is 0 Å². The Morgan fingerprint density at radius 2 is 1.94 bits per heavy atom. The van der Waals surface area contributed by atoms with E-state index in [1.807, 2.05) is 0 Å². The molecular weight excluding hydrogens is 231 g/mol. The van der Waals surface area contributed by atoms with Gasteiger partial charge in [0.15, 0.2) is 0 Å². The van der Waals surface area contributed by atoms with Gasteiger partial charge in [-0.2, -0.15) is 0 Å². The minimum Gasteiger partial charge on any atom is -0.385 e. The summed E-state index contributed by atoms with van der Waals surface area (Å²) in [6.07, 6.45) is 1.07. The highest BCUT2D eigenvalue weighted by Gasteiger charge is 2.27. The molecule has 1 rings (SSSR count). The lowest BCUT2D eigenvalue weighted by Gasteiger charge is -2.23. The van der Waals surface area contributed by atoms with Crippen molar-refractivity contribution < 1.29 is 17.9 Å². The summed E-state index contributed by atoms with van der Waals surface area (Å²) in [6.45, 7) is 1.41. The first kappa shape index (κ1) is 13.1. The Labute approximate surface area is 94.8 Å². The second-order valence-corrected chi connectivity index (χ2v) is 6.39. The molecule has 1 aromatic carbocycles. The van der Waals surface area contributed by atoms with Crippen LogP contribution in [0.1, 0.15) is 18.9 Å². The van der Waals surface area contributed by atoms with Crippen LogP contribution in [-0.2, 0) is 15.4 Å². The van der Waals surface area contributed by atoms with Gasteiger partial charge in [-0.15, -0.1) is 0 Å². The predicted octanol–water partition coefficient (Wildman–Crippen LogP) is 1.47. The molecule has 90 valence electrons. The third-order valence-corrected chi connectivity index (χ3v) is 3.36. The molecule has 0 saturated carbocycles. The van der Waals surface area contributed by atoms with E-state index in [2.05, 4.69) is 0 Å². The SMILES string of the molecule is CC(O)(CCS(C)(=O)=O)c1ccccc1F. The Kier molecular flexibility index (Phi) is 3.70. The molecule has 0 amide bonds. The van der Waals surface area contributed by atoms with Crippen molar-refractivity contribution in [2.24, 2.45) is 0 Å². The van der Waals surface area contributed by atoms with E-state index in [4.69, 9.17) is 0 Å². The first-order chi connectivity index (χ1) is 7.22. The summed E-state index contributed by atoms with van der Waals surface area (Å²) in [6, 6.07) is 5.82. The van der Waals surface area contributed by atoms with Crippen molar-refractivity contribution in [1.82, 2.24) is 0 Å². The highest BCUT2D eigenvalue weighted by molar-refractivity contribution is 7.90. The van der Waals surface area contributed by atoms with Crippen molar-refractivity contribution in [3.8, 4) is 0 Å². The predicted molar refractivity (Wildman–Crippen MR) is 60.3 cm³/mol. The second-order valence-electron chi connectivity index (χ2n) is 4.13. The lowest BCUT2D eigenvalue weighted by Crippen LogP contribution is -2.26. The van der Waals surface area contributed by atoms with Crippen LogP contribution in [-0.4, -0.2) is 25.5 Å². The van der Waals surface area contributed by atoms with E-state index >= 15 is 0 Å². The van der Waals surface area contributed by atoms with E-state index in [1.165, 1.54) is 25.1 Å². The third kappa shape index (κ3) is 3.57. The Bertz CT molecular complexity index is 466. The van der Waals surface area contributed by atoms with Crippen LogP contribution in [0.15, 0.2) is 24.3 Å². The minimum atomic E-state index is -3.16. The highest BCUT2D eigenvalue weighted by atomic mass is 32.2. The van der Waals surface area contributed by atoms with Gasteiger partial charge >= 0.3 is 0 Å². The number of aliphatic hydroxyl groups is 1. The molecule has 0 spiro atoms. The number of hydrogen-bond donors (Lipinski definition) is 1. The summed E-state index contributed by atoms with van der Waals surface area (Å²) < 4.78 is 35.4. The topological polar surface area (TPSA) is 54.4 Å². The molecule has 0 aliphatic heterocycles. The fraction of sp³-hybridized carbons (Fsp3) is 0.455. The average Bonchev–Trinajstić information content (AvgIpc) is 2.14. The number of sulfone groups is 1. The summed E-state index contributed by atoms with van der Waals surface area (Å²) in [5.41, 5.74) is -1.34. The molecule has 0 radical (unpaired) electrons. The molecule has 0 heterocycles. The molecular formula is C11H15FO3S. The zero-order valence-corrected chi connectivity index (χ0v) is 10.1. The van der Waals surface area contributed by atoms with E-state index in [-0.39, 0.29) is 17.7 Å². The Morgan fingerprint density at radius 3 is 2.44 bits per heavy atom. The molecule has 1 N–H and O–H groups in total. The zero-order valence-electron chi connectivity index (χ0n) is 9.27. The lowest BCUT2D eigenvalue weighted by atomic mass is 9.93. The number of hydrogen-bond acceptors (Lipinski definition) is 3. The van der Waals surface area contributed by atoms with Gasteiger partial charge in [-0.25, -0.2) is 12.8 Å². The van der Waals surface area contributed by atoms with Crippen molar-refractivity contribution in [3.63, 3.8) is 0 Å². The van der Waals surface area contributed by atoms with Crippen LogP contribution < -0.4 is 0 Å². The van der Waals surface area contributed by atoms with E-state index < -0.39 is 21.3 Å². The lowest BCUT2D eigenvalue weighted by molar-refractivity contribution is 0.0501. The molecule has 0 aromatic heterocycles. The van der Waals surface area contributed by atoms with Crippen LogP contribution in [0.25, 0.3) is 0 Å².